The first-order chi connectivity index (χ1) is 11.1. The molecule has 23 heavy (non-hydrogen) atoms. The molecule has 1 aromatic carbocycles. The van der Waals surface area contributed by atoms with Crippen LogP contribution in [0.3, 0.4) is 0 Å². The van der Waals surface area contributed by atoms with Gasteiger partial charge in [-0.2, -0.15) is 0 Å². The van der Waals surface area contributed by atoms with E-state index in [1.165, 1.54) is 4.90 Å². The van der Waals surface area contributed by atoms with Crippen LogP contribution in [0.25, 0.3) is 0 Å². The molecule has 6 nitrogen and oxygen atoms in total. The molecule has 1 aliphatic heterocycles. The standard InChI is InChI=1S/C16H22ClN3O3/c1-2-23-16(22)20-9-7-19(8-10-20)12-15(21)18-11-13-3-5-14(17)6-4-13/h3-6H,2,7-12H2,1H3,(H,18,21)/p+1. The molecular formula is C16H23ClN3O3+. The van der Waals surface area contributed by atoms with Gasteiger partial charge in [-0.15, -0.1) is 0 Å². The molecule has 2 rings (SSSR count). The zero-order valence-electron chi connectivity index (χ0n) is 13.3. The largest absolute Gasteiger partial charge is 0.450 e. The highest BCUT2D eigenvalue weighted by Gasteiger charge is 2.25. The molecule has 2 N–H and O–H groups in total. The lowest BCUT2D eigenvalue weighted by Gasteiger charge is -2.31. The first kappa shape index (κ1) is 17.6. The van der Waals surface area contributed by atoms with Gasteiger partial charge < -0.3 is 15.0 Å². The zero-order valence-corrected chi connectivity index (χ0v) is 14.1. The van der Waals surface area contributed by atoms with Crippen LogP contribution in [0.4, 0.5) is 4.79 Å². The number of carbonyl (C=O) groups is 2. The Labute approximate surface area is 141 Å². The Morgan fingerprint density at radius 3 is 2.52 bits per heavy atom. The van der Waals surface area contributed by atoms with E-state index in [-0.39, 0.29) is 12.0 Å². The first-order valence-corrected chi connectivity index (χ1v) is 8.22. The van der Waals surface area contributed by atoms with Gasteiger partial charge in [0.05, 0.1) is 32.8 Å². The van der Waals surface area contributed by atoms with Crippen LogP contribution in [0, 0.1) is 0 Å². The second-order valence-electron chi connectivity index (χ2n) is 5.52. The fraction of sp³-hybridized carbons (Fsp3) is 0.500. The maximum absolute atomic E-state index is 12.0. The van der Waals surface area contributed by atoms with E-state index in [1.54, 1.807) is 11.8 Å². The summed E-state index contributed by atoms with van der Waals surface area (Å²) in [6.45, 7) is 5.86. The van der Waals surface area contributed by atoms with Gasteiger partial charge in [-0.1, -0.05) is 23.7 Å². The molecule has 7 heteroatoms. The van der Waals surface area contributed by atoms with Crippen molar-refractivity contribution in [2.75, 3.05) is 39.3 Å². The molecule has 1 heterocycles. The van der Waals surface area contributed by atoms with Gasteiger partial charge in [0.15, 0.2) is 6.54 Å². The highest BCUT2D eigenvalue weighted by atomic mass is 35.5. The van der Waals surface area contributed by atoms with Gasteiger partial charge in [-0.05, 0) is 24.6 Å². The predicted octanol–water partition coefficient (Wildman–Crippen LogP) is 0.313. The molecule has 1 saturated heterocycles. The molecule has 2 amide bonds. The van der Waals surface area contributed by atoms with Crippen LogP contribution in [-0.4, -0.2) is 56.2 Å². The van der Waals surface area contributed by atoms with Crippen molar-refractivity contribution < 1.29 is 19.2 Å². The van der Waals surface area contributed by atoms with Crippen molar-refractivity contribution in [1.29, 1.82) is 0 Å². The van der Waals surface area contributed by atoms with Gasteiger partial charge >= 0.3 is 6.09 Å². The Kier molecular flexibility index (Phi) is 6.67. The fourth-order valence-electron chi connectivity index (χ4n) is 2.49. The molecule has 0 unspecified atom stereocenters. The SMILES string of the molecule is CCOC(=O)N1CC[NH+](CC(=O)NCc2ccc(Cl)cc2)CC1. The summed E-state index contributed by atoms with van der Waals surface area (Å²) in [5, 5.41) is 3.60. The highest BCUT2D eigenvalue weighted by molar-refractivity contribution is 6.30. The molecule has 1 aliphatic rings. The third kappa shape index (κ3) is 5.73. The minimum absolute atomic E-state index is 0.0135. The number of nitrogens with zero attached hydrogens (tertiary/aromatic N) is 1. The van der Waals surface area contributed by atoms with Crippen molar-refractivity contribution in [1.82, 2.24) is 10.2 Å². The van der Waals surface area contributed by atoms with Crippen molar-refractivity contribution in [2.45, 2.75) is 13.5 Å². The average Bonchev–Trinajstić information content (AvgIpc) is 2.55. The molecule has 0 saturated carbocycles. The third-order valence-electron chi connectivity index (χ3n) is 3.81. The summed E-state index contributed by atoms with van der Waals surface area (Å²) in [5.74, 6) is 0.0135. The summed E-state index contributed by atoms with van der Waals surface area (Å²) < 4.78 is 4.98. The average molecular weight is 341 g/mol. The molecule has 0 atom stereocenters. The van der Waals surface area contributed by atoms with E-state index < -0.39 is 0 Å². The van der Waals surface area contributed by atoms with Gasteiger partial charge in [0, 0.05) is 11.6 Å². The highest BCUT2D eigenvalue weighted by Crippen LogP contribution is 2.08. The molecule has 1 aromatic rings. The van der Waals surface area contributed by atoms with Crippen LogP contribution < -0.4 is 10.2 Å². The number of amides is 2. The number of hydrogen-bond donors (Lipinski definition) is 2. The van der Waals surface area contributed by atoms with Crippen LogP contribution in [0.15, 0.2) is 24.3 Å². The molecular weight excluding hydrogens is 318 g/mol. The van der Waals surface area contributed by atoms with Gasteiger partial charge in [0.2, 0.25) is 0 Å². The number of ether oxygens (including phenoxy) is 1. The minimum atomic E-state index is -0.265. The normalized spacial score (nSPS) is 15.3. The molecule has 1 fully saturated rings. The molecule has 0 spiro atoms. The number of carbonyl (C=O) groups excluding carboxylic acids is 2. The lowest BCUT2D eigenvalue weighted by atomic mass is 10.2. The summed E-state index contributed by atoms with van der Waals surface area (Å²) >= 11 is 5.83. The van der Waals surface area contributed by atoms with Crippen molar-refractivity contribution in [3.63, 3.8) is 0 Å². The van der Waals surface area contributed by atoms with Crippen LogP contribution >= 0.6 is 11.6 Å². The van der Waals surface area contributed by atoms with Crippen LogP contribution in [-0.2, 0) is 16.1 Å². The summed E-state index contributed by atoms with van der Waals surface area (Å²) in [7, 11) is 0. The molecule has 0 radical (unpaired) electrons. The van der Waals surface area contributed by atoms with Crippen LogP contribution in [0.1, 0.15) is 12.5 Å². The Balaban J connectivity index is 1.68. The van der Waals surface area contributed by atoms with Gasteiger partial charge in [0.25, 0.3) is 5.91 Å². The fourth-order valence-corrected chi connectivity index (χ4v) is 2.62. The van der Waals surface area contributed by atoms with E-state index in [1.807, 2.05) is 24.3 Å². The smallest absolute Gasteiger partial charge is 0.410 e. The number of piperazine rings is 1. The number of benzene rings is 1. The second-order valence-corrected chi connectivity index (χ2v) is 5.95. The van der Waals surface area contributed by atoms with Crippen molar-refractivity contribution in [3.05, 3.63) is 34.9 Å². The van der Waals surface area contributed by atoms with Crippen LogP contribution in [0.5, 0.6) is 0 Å². The Bertz CT molecular complexity index is 528. The van der Waals surface area contributed by atoms with E-state index in [9.17, 15) is 9.59 Å². The van der Waals surface area contributed by atoms with Gasteiger partial charge in [0.1, 0.15) is 0 Å². The number of hydrogen-bond acceptors (Lipinski definition) is 3. The molecule has 0 aromatic heterocycles. The molecule has 0 bridgehead atoms. The molecule has 0 aliphatic carbocycles. The second kappa shape index (κ2) is 8.74. The summed E-state index contributed by atoms with van der Waals surface area (Å²) in [4.78, 5) is 26.5. The minimum Gasteiger partial charge on any atom is -0.450 e. The maximum atomic E-state index is 12.0. The van der Waals surface area contributed by atoms with Crippen molar-refractivity contribution in [3.8, 4) is 0 Å². The Morgan fingerprint density at radius 1 is 1.26 bits per heavy atom. The van der Waals surface area contributed by atoms with Crippen molar-refractivity contribution >= 4 is 23.6 Å². The maximum Gasteiger partial charge on any atom is 0.410 e. The lowest BCUT2D eigenvalue weighted by molar-refractivity contribution is -0.896. The summed E-state index contributed by atoms with van der Waals surface area (Å²) in [5.41, 5.74) is 1.02. The number of rotatable bonds is 5. The predicted molar refractivity (Wildman–Crippen MR) is 87.5 cm³/mol. The number of quaternary nitrogens is 1. The first-order valence-electron chi connectivity index (χ1n) is 7.85. The van der Waals surface area contributed by atoms with E-state index >= 15 is 0 Å². The van der Waals surface area contributed by atoms with Crippen molar-refractivity contribution in [2.24, 2.45) is 0 Å². The Hall–Kier alpha value is -1.79. The Morgan fingerprint density at radius 2 is 1.91 bits per heavy atom. The number of halogens is 1. The monoisotopic (exact) mass is 340 g/mol. The molecule has 126 valence electrons. The summed E-state index contributed by atoms with van der Waals surface area (Å²) in [6.07, 6.45) is -0.265. The van der Waals surface area contributed by atoms with E-state index in [0.29, 0.717) is 37.8 Å². The summed E-state index contributed by atoms with van der Waals surface area (Å²) in [6, 6.07) is 7.41. The topological polar surface area (TPSA) is 63.1 Å². The van der Waals surface area contributed by atoms with E-state index in [0.717, 1.165) is 18.7 Å². The zero-order chi connectivity index (χ0) is 16.7. The lowest BCUT2D eigenvalue weighted by Crippen LogP contribution is -3.15. The van der Waals surface area contributed by atoms with E-state index in [4.69, 9.17) is 16.3 Å². The quantitative estimate of drug-likeness (QED) is 0.811. The van der Waals surface area contributed by atoms with Gasteiger partial charge in [-0.25, -0.2) is 4.79 Å². The number of nitrogens with one attached hydrogen (secondary N) is 2. The van der Waals surface area contributed by atoms with E-state index in [2.05, 4.69) is 5.32 Å². The third-order valence-corrected chi connectivity index (χ3v) is 4.06. The van der Waals surface area contributed by atoms with Crippen LogP contribution in [0.2, 0.25) is 5.02 Å². The van der Waals surface area contributed by atoms with Gasteiger partial charge in [-0.3, -0.25) is 9.69 Å².